The summed E-state index contributed by atoms with van der Waals surface area (Å²) in [5.74, 6) is -0.318. The number of allylic oxidation sites excluding steroid dienone is 4. The molecule has 0 bridgehead atoms. The van der Waals surface area contributed by atoms with Gasteiger partial charge in [-0.05, 0) is 79.0 Å². The molecule has 9 atom stereocenters. The van der Waals surface area contributed by atoms with Crippen LogP contribution in [0.3, 0.4) is 0 Å². The number of aliphatic hydroxyl groups is 2. The summed E-state index contributed by atoms with van der Waals surface area (Å²) in [6, 6.07) is 13.4. The molecule has 0 aromatic heterocycles. The highest BCUT2D eigenvalue weighted by Crippen LogP contribution is 2.70. The maximum absolute atomic E-state index is 13.8. The van der Waals surface area contributed by atoms with E-state index in [0.29, 0.717) is 24.8 Å². The average molecular weight is 600 g/mol. The number of fused-ring (bicyclic) bond motifs is 7. The van der Waals surface area contributed by atoms with Gasteiger partial charge in [-0.25, -0.2) is 0 Å². The normalized spacial score (nSPS) is 38.8. The van der Waals surface area contributed by atoms with Gasteiger partial charge in [0.25, 0.3) is 0 Å². The summed E-state index contributed by atoms with van der Waals surface area (Å²) >= 11 is 0. The van der Waals surface area contributed by atoms with Crippen LogP contribution in [0.4, 0.5) is 5.69 Å². The van der Waals surface area contributed by atoms with Crippen LogP contribution in [-0.2, 0) is 25.5 Å². The van der Waals surface area contributed by atoms with Gasteiger partial charge in [-0.1, -0.05) is 49.8 Å². The number of rotatable bonds is 6. The minimum atomic E-state index is -1.43. The Balaban J connectivity index is 1.18. The number of hydrogen-bond acceptors (Lipinski definition) is 8. The summed E-state index contributed by atoms with van der Waals surface area (Å²) in [6.45, 7) is 3.44. The van der Waals surface area contributed by atoms with Crippen molar-refractivity contribution in [2.45, 2.75) is 70.1 Å². The number of phenolic OH excluding ortho intramolecular Hbond substituents is 1. The number of ether oxygens (including phenoxy) is 2. The first-order valence-electron chi connectivity index (χ1n) is 15.7. The van der Waals surface area contributed by atoms with Crippen LogP contribution >= 0.6 is 0 Å². The van der Waals surface area contributed by atoms with Gasteiger partial charge in [0, 0.05) is 41.5 Å². The fourth-order valence-electron chi connectivity index (χ4n) is 9.77. The summed E-state index contributed by atoms with van der Waals surface area (Å²) in [7, 11) is 1.87. The first-order valence-corrected chi connectivity index (χ1v) is 15.7. The van der Waals surface area contributed by atoms with E-state index in [1.54, 1.807) is 18.2 Å². The lowest BCUT2D eigenvalue weighted by Crippen LogP contribution is -2.63. The summed E-state index contributed by atoms with van der Waals surface area (Å²) in [6.07, 6.45) is 6.06. The molecule has 1 aliphatic heterocycles. The molecule has 2 aromatic carbocycles. The monoisotopic (exact) mass is 599 g/mol. The number of carbonyl (C=O) groups is 2. The second-order valence-corrected chi connectivity index (χ2v) is 13.9. The minimum absolute atomic E-state index is 0.0103. The second-order valence-electron chi connectivity index (χ2n) is 13.9. The molecule has 7 rings (SSSR count). The number of ketones is 2. The number of nitrogens with one attached hydrogen (secondary N) is 1. The van der Waals surface area contributed by atoms with Crippen molar-refractivity contribution in [1.82, 2.24) is 0 Å². The van der Waals surface area contributed by atoms with E-state index < -0.39 is 47.3 Å². The van der Waals surface area contributed by atoms with E-state index >= 15 is 0 Å². The lowest BCUT2D eigenvalue weighted by atomic mass is 9.46. The van der Waals surface area contributed by atoms with Crippen LogP contribution in [-0.4, -0.2) is 58.3 Å². The van der Waals surface area contributed by atoms with Gasteiger partial charge in [0.05, 0.1) is 12.2 Å². The molecule has 44 heavy (non-hydrogen) atoms. The van der Waals surface area contributed by atoms with Gasteiger partial charge in [-0.3, -0.25) is 9.59 Å². The highest BCUT2D eigenvalue weighted by Gasteiger charge is 2.75. The fraction of sp³-hybridized carbons (Fsp3) is 0.500. The van der Waals surface area contributed by atoms with Crippen LogP contribution in [0.25, 0.3) is 0 Å². The number of aliphatic hydroxyl groups excluding tert-OH is 2. The highest BCUT2D eigenvalue weighted by molar-refractivity contribution is 6.01. The van der Waals surface area contributed by atoms with E-state index in [0.717, 1.165) is 35.2 Å². The Bertz CT molecular complexity index is 1580. The fourth-order valence-corrected chi connectivity index (χ4v) is 9.77. The number of phenols is 1. The van der Waals surface area contributed by atoms with E-state index in [9.17, 15) is 24.9 Å². The standard InChI is InChI=1S/C36H41NO7/c1-34-12-11-25(39)16-23(34)9-10-26-27-17-31-36(30(42)19-38,35(27,2)18-29(41)32(26)34)44-33(43-31)22-8-7-21(28(40)15-22)13-20-5-4-6-24(14-20)37-3/h4-8,11-12,14-16,26-27,29,31-33,37-38,40-41H,9-10,13,17-19H2,1-3H3/t26-,27-,29-,31+,32+,33-,34-,35-,36+/m0/s1. The molecule has 0 radical (unpaired) electrons. The van der Waals surface area contributed by atoms with Gasteiger partial charge in [0.2, 0.25) is 0 Å². The Morgan fingerprint density at radius 1 is 1.16 bits per heavy atom. The van der Waals surface area contributed by atoms with Gasteiger partial charge < -0.3 is 30.1 Å². The summed E-state index contributed by atoms with van der Waals surface area (Å²) in [5, 5.41) is 36.2. The number of aromatic hydroxyl groups is 1. The molecule has 3 saturated carbocycles. The van der Waals surface area contributed by atoms with E-state index in [1.807, 2.05) is 56.4 Å². The first kappa shape index (κ1) is 29.4. The molecule has 2 aromatic rings. The maximum Gasteiger partial charge on any atom is 0.193 e. The number of Topliss-reactive ketones (excluding diaryl/α,β-unsaturated/α-hetero) is 1. The van der Waals surface area contributed by atoms with Crippen molar-refractivity contribution >= 4 is 17.3 Å². The van der Waals surface area contributed by atoms with Gasteiger partial charge in [0.1, 0.15) is 12.4 Å². The van der Waals surface area contributed by atoms with Crippen LogP contribution in [0.2, 0.25) is 0 Å². The summed E-state index contributed by atoms with van der Waals surface area (Å²) in [4.78, 5) is 25.9. The van der Waals surface area contributed by atoms with Gasteiger partial charge in [0.15, 0.2) is 23.5 Å². The number of anilines is 1. The quantitative estimate of drug-likeness (QED) is 0.379. The predicted octanol–water partition coefficient (Wildman–Crippen LogP) is 4.63. The predicted molar refractivity (Wildman–Crippen MR) is 164 cm³/mol. The molecule has 0 unspecified atom stereocenters. The summed E-state index contributed by atoms with van der Waals surface area (Å²) < 4.78 is 13.2. The Morgan fingerprint density at radius 2 is 1.98 bits per heavy atom. The van der Waals surface area contributed by atoms with Crippen LogP contribution in [0.15, 0.2) is 66.3 Å². The molecule has 232 valence electrons. The third-order valence-electron chi connectivity index (χ3n) is 11.8. The molecular formula is C36H41NO7. The Labute approximate surface area is 257 Å². The molecule has 0 spiro atoms. The number of benzene rings is 2. The Morgan fingerprint density at radius 3 is 2.73 bits per heavy atom. The minimum Gasteiger partial charge on any atom is -0.508 e. The van der Waals surface area contributed by atoms with Crippen molar-refractivity contribution in [3.63, 3.8) is 0 Å². The zero-order chi connectivity index (χ0) is 31.0. The lowest BCUT2D eigenvalue weighted by molar-refractivity contribution is -0.201. The first-order chi connectivity index (χ1) is 21.0. The van der Waals surface area contributed by atoms with Gasteiger partial charge >= 0.3 is 0 Å². The topological polar surface area (TPSA) is 125 Å². The molecule has 1 saturated heterocycles. The zero-order valence-corrected chi connectivity index (χ0v) is 25.5. The van der Waals surface area contributed by atoms with Crippen LogP contribution < -0.4 is 5.32 Å². The van der Waals surface area contributed by atoms with Crippen LogP contribution in [0.1, 0.15) is 62.5 Å². The van der Waals surface area contributed by atoms with Gasteiger partial charge in [-0.15, -0.1) is 0 Å². The van der Waals surface area contributed by atoms with E-state index in [-0.39, 0.29) is 29.3 Å². The van der Waals surface area contributed by atoms with Crippen molar-refractivity contribution in [3.05, 3.63) is 83.0 Å². The molecule has 4 N–H and O–H groups in total. The zero-order valence-electron chi connectivity index (χ0n) is 25.5. The lowest BCUT2D eigenvalue weighted by Gasteiger charge is -2.59. The number of hydrogen-bond donors (Lipinski definition) is 4. The second kappa shape index (κ2) is 10.4. The smallest absolute Gasteiger partial charge is 0.193 e. The third kappa shape index (κ3) is 4.11. The van der Waals surface area contributed by atoms with Crippen molar-refractivity contribution < 1.29 is 34.4 Å². The maximum atomic E-state index is 13.8. The molecule has 5 aliphatic rings. The van der Waals surface area contributed by atoms with Crippen molar-refractivity contribution in [2.24, 2.45) is 28.6 Å². The SMILES string of the molecule is CNc1cccc(Cc2ccc([C@H]3O[C@@H]4C[C@H]5[C@@H]6CCC7=CC(=O)C=C[C@]7(C)[C@H]6[C@@H](O)C[C@]5(C)[C@]4(C(=O)CO)O3)cc2O)c1. The van der Waals surface area contributed by atoms with Gasteiger partial charge in [-0.2, -0.15) is 0 Å². The van der Waals surface area contributed by atoms with Crippen molar-refractivity contribution in [2.75, 3.05) is 19.0 Å². The van der Waals surface area contributed by atoms with Crippen molar-refractivity contribution in [1.29, 1.82) is 0 Å². The molecule has 0 amide bonds. The number of carbonyl (C=O) groups excluding carboxylic acids is 2. The highest BCUT2D eigenvalue weighted by atomic mass is 16.7. The van der Waals surface area contributed by atoms with E-state index in [1.165, 1.54) is 0 Å². The molecule has 4 fully saturated rings. The third-order valence-corrected chi connectivity index (χ3v) is 11.8. The largest absolute Gasteiger partial charge is 0.508 e. The van der Waals surface area contributed by atoms with Crippen LogP contribution in [0, 0.1) is 28.6 Å². The van der Waals surface area contributed by atoms with E-state index in [2.05, 4.69) is 12.2 Å². The summed E-state index contributed by atoms with van der Waals surface area (Å²) in [5.41, 5.74) is 1.83. The average Bonchev–Trinajstić information content (AvgIpc) is 3.51. The Kier molecular flexibility index (Phi) is 6.94. The molecule has 8 nitrogen and oxygen atoms in total. The van der Waals surface area contributed by atoms with Crippen molar-refractivity contribution in [3.8, 4) is 5.75 Å². The molecule has 1 heterocycles. The van der Waals surface area contributed by atoms with E-state index in [4.69, 9.17) is 9.47 Å². The van der Waals surface area contributed by atoms with Crippen LogP contribution in [0.5, 0.6) is 5.75 Å². The Hall–Kier alpha value is -3.30. The molecule has 8 heteroatoms. The molecule has 4 aliphatic carbocycles. The molecular weight excluding hydrogens is 558 g/mol.